The van der Waals surface area contributed by atoms with Gasteiger partial charge in [-0.3, -0.25) is 9.20 Å². The molecule has 3 aromatic heterocycles. The van der Waals surface area contributed by atoms with Gasteiger partial charge in [0.2, 0.25) is 5.91 Å². The van der Waals surface area contributed by atoms with Gasteiger partial charge in [-0.25, -0.2) is 9.97 Å². The number of aromatic nitrogens is 4. The molecule has 0 bridgehead atoms. The van der Waals surface area contributed by atoms with Gasteiger partial charge < -0.3 is 9.88 Å². The Bertz CT molecular complexity index is 1440. The number of fused-ring (bicyclic) bond motifs is 2. The fourth-order valence-electron chi connectivity index (χ4n) is 3.96. The maximum absolute atomic E-state index is 12.7. The third kappa shape index (κ3) is 3.96. The lowest BCUT2D eigenvalue weighted by atomic mass is 10.1. The van der Waals surface area contributed by atoms with E-state index >= 15 is 0 Å². The van der Waals surface area contributed by atoms with Crippen molar-refractivity contribution >= 4 is 39.7 Å². The number of anilines is 1. The topological polar surface area (TPSA) is 64.2 Å². The predicted octanol–water partition coefficient (Wildman–Crippen LogP) is 5.52. The van der Waals surface area contributed by atoms with E-state index < -0.39 is 0 Å². The number of hydrogen-bond donors (Lipinski definition) is 1. The average molecular weight is 472 g/mol. The van der Waals surface area contributed by atoms with E-state index in [0.29, 0.717) is 0 Å². The fraction of sp³-hybridized carbons (Fsp3) is 0.160. The second-order valence-corrected chi connectivity index (χ2v) is 10.0. The smallest absolute Gasteiger partial charge is 0.230 e. The molecule has 0 saturated carbocycles. The predicted molar refractivity (Wildman–Crippen MR) is 134 cm³/mol. The summed E-state index contributed by atoms with van der Waals surface area (Å²) in [5.74, 6) is 1.04. The van der Waals surface area contributed by atoms with E-state index in [9.17, 15) is 4.79 Å². The van der Waals surface area contributed by atoms with Crippen LogP contribution in [0.15, 0.2) is 71.5 Å². The summed E-state index contributed by atoms with van der Waals surface area (Å²) in [7, 11) is 0. The summed E-state index contributed by atoms with van der Waals surface area (Å²) >= 11 is 3.34. The van der Waals surface area contributed by atoms with Crippen LogP contribution in [0.2, 0.25) is 0 Å². The summed E-state index contributed by atoms with van der Waals surface area (Å²) in [5.41, 5.74) is 6.95. The number of thiazole rings is 1. The van der Waals surface area contributed by atoms with Gasteiger partial charge in [0, 0.05) is 52.6 Å². The molecule has 4 heterocycles. The summed E-state index contributed by atoms with van der Waals surface area (Å²) in [4.78, 5) is 23.0. The summed E-state index contributed by atoms with van der Waals surface area (Å²) in [6.45, 7) is 3.09. The third-order valence-corrected chi connectivity index (χ3v) is 7.60. The molecule has 1 aliphatic heterocycles. The van der Waals surface area contributed by atoms with Crippen LogP contribution in [-0.4, -0.2) is 30.6 Å². The molecule has 6 rings (SSSR count). The van der Waals surface area contributed by atoms with Crippen LogP contribution in [0.4, 0.5) is 5.69 Å². The van der Waals surface area contributed by atoms with Crippen molar-refractivity contribution in [3.63, 3.8) is 0 Å². The number of rotatable bonds is 5. The molecule has 1 amide bonds. The van der Waals surface area contributed by atoms with Crippen LogP contribution in [0.25, 0.3) is 27.5 Å². The van der Waals surface area contributed by atoms with E-state index in [1.54, 1.807) is 23.1 Å². The van der Waals surface area contributed by atoms with Crippen molar-refractivity contribution in [2.45, 2.75) is 25.0 Å². The molecule has 8 heteroatoms. The van der Waals surface area contributed by atoms with E-state index in [1.807, 2.05) is 40.2 Å². The van der Waals surface area contributed by atoms with E-state index in [4.69, 9.17) is 4.98 Å². The Morgan fingerprint density at radius 2 is 1.73 bits per heavy atom. The van der Waals surface area contributed by atoms with Crippen molar-refractivity contribution in [2.75, 3.05) is 11.1 Å². The Morgan fingerprint density at radius 1 is 1.00 bits per heavy atom. The van der Waals surface area contributed by atoms with E-state index in [0.717, 1.165) is 56.3 Å². The third-order valence-electron chi connectivity index (χ3n) is 5.74. The number of amides is 1. The van der Waals surface area contributed by atoms with Crippen LogP contribution < -0.4 is 5.32 Å². The van der Waals surface area contributed by atoms with Crippen LogP contribution >= 0.6 is 23.1 Å². The number of thioether (sulfide) groups is 1. The minimum Gasteiger partial charge on any atom is -0.326 e. The van der Waals surface area contributed by atoms with Crippen LogP contribution in [0.3, 0.4) is 0 Å². The fourth-order valence-corrected chi connectivity index (χ4v) is 5.78. The van der Waals surface area contributed by atoms with Gasteiger partial charge in [0.15, 0.2) is 10.1 Å². The quantitative estimate of drug-likeness (QED) is 0.367. The van der Waals surface area contributed by atoms with Gasteiger partial charge in [0.1, 0.15) is 0 Å². The Kier molecular flexibility index (Phi) is 5.04. The monoisotopic (exact) mass is 471 g/mol. The van der Waals surface area contributed by atoms with Crippen molar-refractivity contribution in [3.8, 4) is 22.5 Å². The van der Waals surface area contributed by atoms with Gasteiger partial charge in [-0.2, -0.15) is 0 Å². The molecular formula is C25H21N5OS2. The molecule has 0 aliphatic carbocycles. The van der Waals surface area contributed by atoms with Gasteiger partial charge in [-0.1, -0.05) is 53.7 Å². The minimum absolute atomic E-state index is 0.0506. The molecule has 1 aliphatic rings. The zero-order chi connectivity index (χ0) is 22.4. The number of nitrogens with zero attached hydrogens (tertiary/aromatic N) is 4. The molecule has 0 saturated heterocycles. The number of nitrogens with one attached hydrogen (secondary N) is 1. The molecule has 33 heavy (non-hydrogen) atoms. The molecule has 0 unspecified atom stereocenters. The molecule has 0 fully saturated rings. The minimum atomic E-state index is -0.0506. The zero-order valence-corrected chi connectivity index (χ0v) is 19.6. The second kappa shape index (κ2) is 8.20. The summed E-state index contributed by atoms with van der Waals surface area (Å²) in [6, 6.07) is 16.2. The lowest BCUT2D eigenvalue weighted by Gasteiger charge is -2.06. The van der Waals surface area contributed by atoms with E-state index in [1.165, 1.54) is 5.56 Å². The number of carbonyl (C=O) groups excluding carboxylic acids is 1. The van der Waals surface area contributed by atoms with Crippen molar-refractivity contribution in [1.82, 2.24) is 18.9 Å². The van der Waals surface area contributed by atoms with Gasteiger partial charge in [0.25, 0.3) is 0 Å². The maximum Gasteiger partial charge on any atom is 0.230 e. The molecule has 6 nitrogen and oxygen atoms in total. The highest BCUT2D eigenvalue weighted by Crippen LogP contribution is 2.29. The molecule has 0 spiro atoms. The van der Waals surface area contributed by atoms with Gasteiger partial charge in [-0.05, 0) is 19.1 Å². The first-order chi connectivity index (χ1) is 16.1. The Hall–Kier alpha value is -3.36. The Balaban J connectivity index is 1.15. The number of aryl methyl sites for hydroxylation is 2. The highest BCUT2D eigenvalue weighted by molar-refractivity contribution is 7.99. The second-order valence-electron chi connectivity index (χ2n) is 8.12. The van der Waals surface area contributed by atoms with Crippen LogP contribution in [0, 0.1) is 6.92 Å². The van der Waals surface area contributed by atoms with Gasteiger partial charge in [-0.15, -0.1) is 11.3 Å². The van der Waals surface area contributed by atoms with Crippen LogP contribution in [0.1, 0.15) is 11.3 Å². The molecule has 1 N–H and O–H groups in total. The summed E-state index contributed by atoms with van der Waals surface area (Å²) < 4.78 is 4.20. The summed E-state index contributed by atoms with van der Waals surface area (Å²) in [6.07, 6.45) is 4.39. The normalized spacial score (nSPS) is 12.9. The van der Waals surface area contributed by atoms with Crippen LogP contribution in [0.5, 0.6) is 0 Å². The van der Waals surface area contributed by atoms with Crippen LogP contribution in [-0.2, 0) is 17.8 Å². The van der Waals surface area contributed by atoms with Crippen molar-refractivity contribution in [3.05, 3.63) is 77.6 Å². The van der Waals surface area contributed by atoms with E-state index in [2.05, 4.69) is 52.3 Å². The lowest BCUT2D eigenvalue weighted by molar-refractivity contribution is -0.115. The number of imidazole rings is 2. The van der Waals surface area contributed by atoms with Gasteiger partial charge >= 0.3 is 0 Å². The Morgan fingerprint density at radius 3 is 2.48 bits per heavy atom. The SMILES string of the molecule is Cc1ccc(-c2cn3c(CC(=O)Nc4ccc(-c5cn6c(n5)SCC6)cc4)csc3n2)cc1. The first-order valence-corrected chi connectivity index (χ1v) is 12.6. The first kappa shape index (κ1) is 20.3. The van der Waals surface area contributed by atoms with Crippen molar-refractivity contribution in [2.24, 2.45) is 0 Å². The molecule has 0 atom stereocenters. The van der Waals surface area contributed by atoms with Crippen molar-refractivity contribution < 1.29 is 4.79 Å². The number of hydrogen-bond acceptors (Lipinski definition) is 5. The van der Waals surface area contributed by atoms with Crippen molar-refractivity contribution in [1.29, 1.82) is 0 Å². The standard InChI is InChI=1S/C25H21N5OS2/c1-16-2-4-17(5-3-16)22-14-30-20(15-33-25(30)28-22)12-23(31)26-19-8-6-18(7-9-19)21-13-29-10-11-32-24(29)27-21/h2-9,13-15H,10-12H2,1H3,(H,26,31). The summed E-state index contributed by atoms with van der Waals surface area (Å²) in [5, 5.41) is 6.09. The molecule has 0 radical (unpaired) electrons. The molecule has 2 aromatic carbocycles. The molecule has 5 aromatic rings. The zero-order valence-electron chi connectivity index (χ0n) is 18.0. The number of benzene rings is 2. The van der Waals surface area contributed by atoms with E-state index in [-0.39, 0.29) is 12.3 Å². The average Bonchev–Trinajstić information content (AvgIpc) is 3.57. The largest absolute Gasteiger partial charge is 0.326 e. The highest BCUT2D eigenvalue weighted by Gasteiger charge is 2.16. The molecular weight excluding hydrogens is 450 g/mol. The number of carbonyl (C=O) groups is 1. The maximum atomic E-state index is 12.7. The highest BCUT2D eigenvalue weighted by atomic mass is 32.2. The Labute approximate surface area is 199 Å². The molecule has 164 valence electrons. The van der Waals surface area contributed by atoms with Gasteiger partial charge in [0.05, 0.1) is 17.8 Å². The first-order valence-electron chi connectivity index (χ1n) is 10.8. The lowest BCUT2D eigenvalue weighted by Crippen LogP contribution is -2.15.